The lowest BCUT2D eigenvalue weighted by Gasteiger charge is -2.02. The van der Waals surface area contributed by atoms with Crippen molar-refractivity contribution in [2.75, 3.05) is 0 Å². The minimum absolute atomic E-state index is 0.282. The molecule has 0 aliphatic carbocycles. The van der Waals surface area contributed by atoms with Gasteiger partial charge in [-0.25, -0.2) is 9.18 Å². The van der Waals surface area contributed by atoms with Crippen molar-refractivity contribution >= 4 is 5.97 Å². The molecule has 18 heavy (non-hydrogen) atoms. The van der Waals surface area contributed by atoms with E-state index in [4.69, 9.17) is 5.11 Å². The Bertz CT molecular complexity index is 685. The van der Waals surface area contributed by atoms with Gasteiger partial charge in [0.25, 0.3) is 5.56 Å². The van der Waals surface area contributed by atoms with Crippen LogP contribution in [0, 0.1) is 12.7 Å². The number of aromatic amines is 1. The minimum Gasteiger partial charge on any atom is -0.478 e. The number of carbonyl (C=O) groups is 1. The maximum atomic E-state index is 13.3. The molecule has 0 saturated heterocycles. The highest BCUT2D eigenvalue weighted by Gasteiger charge is 2.16. The number of halogens is 1. The van der Waals surface area contributed by atoms with Crippen molar-refractivity contribution in [2.24, 2.45) is 7.05 Å². The zero-order valence-electron chi connectivity index (χ0n) is 9.82. The SMILES string of the molecule is Cc1[nH]n(C)c(=O)c1-c1ccc(F)c(C(=O)O)c1. The van der Waals surface area contributed by atoms with Crippen LogP contribution in [0.3, 0.4) is 0 Å². The van der Waals surface area contributed by atoms with Gasteiger partial charge in [-0.15, -0.1) is 0 Å². The van der Waals surface area contributed by atoms with Crippen LogP contribution in [0.1, 0.15) is 16.1 Å². The lowest BCUT2D eigenvalue weighted by Crippen LogP contribution is -2.13. The molecule has 94 valence electrons. The molecule has 0 amide bonds. The lowest BCUT2D eigenvalue weighted by molar-refractivity contribution is 0.0692. The Labute approximate surface area is 101 Å². The van der Waals surface area contributed by atoms with E-state index in [1.165, 1.54) is 10.7 Å². The second-order valence-corrected chi connectivity index (χ2v) is 3.98. The van der Waals surface area contributed by atoms with Crippen LogP contribution in [0.15, 0.2) is 23.0 Å². The maximum absolute atomic E-state index is 13.3. The number of aromatic carboxylic acids is 1. The molecule has 1 aromatic heterocycles. The zero-order chi connectivity index (χ0) is 13.4. The number of carboxylic acid groups (broad SMARTS) is 1. The van der Waals surface area contributed by atoms with Gasteiger partial charge in [-0.3, -0.25) is 14.6 Å². The summed E-state index contributed by atoms with van der Waals surface area (Å²) in [5.74, 6) is -2.18. The Morgan fingerprint density at radius 1 is 1.44 bits per heavy atom. The van der Waals surface area contributed by atoms with Crippen molar-refractivity contribution in [3.63, 3.8) is 0 Å². The van der Waals surface area contributed by atoms with Crippen LogP contribution in [-0.2, 0) is 7.05 Å². The van der Waals surface area contributed by atoms with Crippen LogP contribution in [0.25, 0.3) is 11.1 Å². The quantitative estimate of drug-likeness (QED) is 0.848. The van der Waals surface area contributed by atoms with Crippen LogP contribution in [0.2, 0.25) is 0 Å². The highest BCUT2D eigenvalue weighted by molar-refractivity contribution is 5.89. The van der Waals surface area contributed by atoms with E-state index in [9.17, 15) is 14.0 Å². The topological polar surface area (TPSA) is 75.1 Å². The summed E-state index contributed by atoms with van der Waals surface area (Å²) in [4.78, 5) is 22.7. The summed E-state index contributed by atoms with van der Waals surface area (Å²) in [6, 6.07) is 3.60. The number of nitrogens with zero attached hydrogens (tertiary/aromatic N) is 1. The predicted molar refractivity (Wildman–Crippen MR) is 63.1 cm³/mol. The van der Waals surface area contributed by atoms with Gasteiger partial charge >= 0.3 is 5.97 Å². The molecule has 0 saturated carbocycles. The highest BCUT2D eigenvalue weighted by atomic mass is 19.1. The maximum Gasteiger partial charge on any atom is 0.338 e. The molecule has 0 spiro atoms. The average molecular weight is 250 g/mol. The van der Waals surface area contributed by atoms with Gasteiger partial charge in [0, 0.05) is 12.7 Å². The number of hydrogen-bond acceptors (Lipinski definition) is 2. The zero-order valence-corrected chi connectivity index (χ0v) is 9.82. The van der Waals surface area contributed by atoms with Crippen molar-refractivity contribution in [3.05, 3.63) is 45.6 Å². The summed E-state index contributed by atoms with van der Waals surface area (Å²) < 4.78 is 14.6. The number of rotatable bonds is 2. The second kappa shape index (κ2) is 4.14. The molecule has 0 radical (unpaired) electrons. The summed E-state index contributed by atoms with van der Waals surface area (Å²) in [6.07, 6.45) is 0. The number of aryl methyl sites for hydroxylation is 2. The molecule has 0 unspecified atom stereocenters. The van der Waals surface area contributed by atoms with Gasteiger partial charge in [0.1, 0.15) is 5.82 Å². The van der Waals surface area contributed by atoms with Crippen LogP contribution in [0.5, 0.6) is 0 Å². The van der Waals surface area contributed by atoms with Gasteiger partial charge in [-0.05, 0) is 24.6 Å². The van der Waals surface area contributed by atoms with Crippen LogP contribution in [-0.4, -0.2) is 20.9 Å². The van der Waals surface area contributed by atoms with Crippen molar-refractivity contribution in [2.45, 2.75) is 6.92 Å². The first-order valence-corrected chi connectivity index (χ1v) is 5.20. The van der Waals surface area contributed by atoms with E-state index in [0.29, 0.717) is 16.8 Å². The Morgan fingerprint density at radius 2 is 2.11 bits per heavy atom. The Balaban J connectivity index is 2.69. The number of aromatic nitrogens is 2. The summed E-state index contributed by atoms with van der Waals surface area (Å²) in [6.45, 7) is 1.69. The van der Waals surface area contributed by atoms with Crippen LogP contribution >= 0.6 is 0 Å². The van der Waals surface area contributed by atoms with E-state index in [1.807, 2.05) is 0 Å². The van der Waals surface area contributed by atoms with E-state index in [2.05, 4.69) is 5.10 Å². The molecular formula is C12H11FN2O3. The van der Waals surface area contributed by atoms with Gasteiger partial charge in [-0.1, -0.05) is 6.07 Å². The Kier molecular flexibility index (Phi) is 2.78. The molecule has 2 aromatic rings. The summed E-state index contributed by atoms with van der Waals surface area (Å²) in [5, 5.41) is 11.7. The first-order chi connectivity index (χ1) is 8.41. The van der Waals surface area contributed by atoms with Crippen molar-refractivity contribution in [1.82, 2.24) is 9.78 Å². The normalized spacial score (nSPS) is 10.6. The molecule has 2 N–H and O–H groups in total. The predicted octanol–water partition coefficient (Wildman–Crippen LogP) is 1.53. The molecule has 0 fully saturated rings. The van der Waals surface area contributed by atoms with E-state index >= 15 is 0 Å². The van der Waals surface area contributed by atoms with Gasteiger partial charge in [-0.2, -0.15) is 0 Å². The summed E-state index contributed by atoms with van der Waals surface area (Å²) in [5.41, 5.74) is 0.601. The van der Waals surface area contributed by atoms with Gasteiger partial charge < -0.3 is 5.11 Å². The van der Waals surface area contributed by atoms with Gasteiger partial charge in [0.05, 0.1) is 11.1 Å². The summed E-state index contributed by atoms with van der Waals surface area (Å²) >= 11 is 0. The molecule has 5 nitrogen and oxygen atoms in total. The summed E-state index contributed by atoms with van der Waals surface area (Å²) in [7, 11) is 1.56. The number of carboxylic acids is 1. The molecule has 1 aromatic carbocycles. The first kappa shape index (κ1) is 12.1. The molecule has 0 atom stereocenters. The Hall–Kier alpha value is -2.37. The number of H-pyrrole nitrogens is 1. The van der Waals surface area contributed by atoms with Crippen molar-refractivity contribution in [3.8, 4) is 11.1 Å². The molecule has 6 heteroatoms. The van der Waals surface area contributed by atoms with Crippen LogP contribution < -0.4 is 5.56 Å². The fraction of sp³-hybridized carbons (Fsp3) is 0.167. The van der Waals surface area contributed by atoms with E-state index in [-0.39, 0.29) is 5.56 Å². The fourth-order valence-corrected chi connectivity index (χ4v) is 1.87. The van der Waals surface area contributed by atoms with Crippen molar-refractivity contribution < 1.29 is 14.3 Å². The fourth-order valence-electron chi connectivity index (χ4n) is 1.87. The molecule has 2 rings (SSSR count). The van der Waals surface area contributed by atoms with Gasteiger partial charge in [0.2, 0.25) is 0 Å². The minimum atomic E-state index is -1.36. The monoisotopic (exact) mass is 250 g/mol. The molecular weight excluding hydrogens is 239 g/mol. The number of nitrogens with one attached hydrogen (secondary N) is 1. The van der Waals surface area contributed by atoms with Crippen LogP contribution in [0.4, 0.5) is 4.39 Å². The van der Waals surface area contributed by atoms with E-state index < -0.39 is 17.3 Å². The molecule has 0 bridgehead atoms. The Morgan fingerprint density at radius 3 is 2.61 bits per heavy atom. The number of benzene rings is 1. The second-order valence-electron chi connectivity index (χ2n) is 3.98. The third-order valence-electron chi connectivity index (χ3n) is 2.71. The standard InChI is InChI=1S/C12H11FN2O3/c1-6-10(11(16)15(2)14-6)7-3-4-9(13)8(5-7)12(17)18/h3-5,14H,1-2H3,(H,17,18). The molecule has 1 heterocycles. The highest BCUT2D eigenvalue weighted by Crippen LogP contribution is 2.21. The third kappa shape index (κ3) is 1.81. The average Bonchev–Trinajstić information content (AvgIpc) is 2.54. The van der Waals surface area contributed by atoms with E-state index in [0.717, 1.165) is 12.1 Å². The smallest absolute Gasteiger partial charge is 0.338 e. The first-order valence-electron chi connectivity index (χ1n) is 5.20. The van der Waals surface area contributed by atoms with Crippen molar-refractivity contribution in [1.29, 1.82) is 0 Å². The lowest BCUT2D eigenvalue weighted by atomic mass is 10.0. The van der Waals surface area contributed by atoms with Gasteiger partial charge in [0.15, 0.2) is 0 Å². The largest absolute Gasteiger partial charge is 0.478 e. The van der Waals surface area contributed by atoms with E-state index in [1.54, 1.807) is 14.0 Å². The third-order valence-corrected chi connectivity index (χ3v) is 2.71. The number of hydrogen-bond donors (Lipinski definition) is 2. The molecule has 0 aliphatic rings. The molecule has 0 aliphatic heterocycles.